The largest absolute Gasteiger partial charge is 0.493 e. The molecular weight excluding hydrogens is 390 g/mol. The number of carbonyl (C=O) groups is 1. The highest BCUT2D eigenvalue weighted by Gasteiger charge is 2.26. The number of hydrogen-bond acceptors (Lipinski definition) is 7. The van der Waals surface area contributed by atoms with E-state index in [9.17, 15) is 4.79 Å². The average molecular weight is 413 g/mol. The number of amides is 1. The maximum Gasteiger partial charge on any atom is 0.254 e. The minimum atomic E-state index is -0.0480. The van der Waals surface area contributed by atoms with Crippen LogP contribution in [0.4, 0.5) is 5.13 Å². The third-order valence-electron chi connectivity index (χ3n) is 5.03. The Hall–Kier alpha value is -3.00. The van der Waals surface area contributed by atoms with Crippen LogP contribution in [0.3, 0.4) is 0 Å². The first-order valence-electron chi connectivity index (χ1n) is 9.34. The smallest absolute Gasteiger partial charge is 0.254 e. The van der Waals surface area contributed by atoms with Gasteiger partial charge in [-0.1, -0.05) is 23.5 Å². The fourth-order valence-electron chi connectivity index (χ4n) is 3.48. The van der Waals surface area contributed by atoms with Gasteiger partial charge in [0.2, 0.25) is 5.75 Å². The predicted octanol–water partition coefficient (Wildman–Crippen LogP) is 3.28. The summed E-state index contributed by atoms with van der Waals surface area (Å²) < 4.78 is 17.3. The van der Waals surface area contributed by atoms with Gasteiger partial charge in [0.1, 0.15) is 0 Å². The average Bonchev–Trinajstić information content (AvgIpc) is 3.22. The van der Waals surface area contributed by atoms with Gasteiger partial charge in [-0.3, -0.25) is 4.79 Å². The molecule has 152 valence electrons. The molecule has 0 aliphatic carbocycles. The number of thiazole rings is 1. The molecule has 0 saturated carbocycles. The van der Waals surface area contributed by atoms with Crippen LogP contribution in [0.5, 0.6) is 17.2 Å². The van der Waals surface area contributed by atoms with E-state index in [1.165, 1.54) is 4.70 Å². The van der Waals surface area contributed by atoms with Crippen LogP contribution in [0.1, 0.15) is 10.4 Å². The molecular formula is C21H23N3O4S. The molecule has 7 nitrogen and oxygen atoms in total. The molecule has 1 saturated heterocycles. The molecule has 0 unspecified atom stereocenters. The number of ether oxygens (including phenoxy) is 3. The van der Waals surface area contributed by atoms with Crippen LogP contribution in [-0.2, 0) is 0 Å². The zero-order valence-corrected chi connectivity index (χ0v) is 17.5. The maximum absolute atomic E-state index is 13.1. The van der Waals surface area contributed by atoms with Crippen molar-refractivity contribution >= 4 is 32.6 Å². The zero-order valence-electron chi connectivity index (χ0n) is 16.7. The van der Waals surface area contributed by atoms with E-state index in [0.29, 0.717) is 35.9 Å². The van der Waals surface area contributed by atoms with Crippen molar-refractivity contribution in [1.82, 2.24) is 9.88 Å². The number of aromatic nitrogens is 1. The van der Waals surface area contributed by atoms with Crippen molar-refractivity contribution in [2.24, 2.45) is 0 Å². The number of benzene rings is 2. The molecule has 1 aliphatic rings. The van der Waals surface area contributed by atoms with Crippen molar-refractivity contribution in [2.45, 2.75) is 0 Å². The number of methoxy groups -OCH3 is 3. The zero-order chi connectivity index (χ0) is 20.4. The number of piperazine rings is 1. The van der Waals surface area contributed by atoms with E-state index >= 15 is 0 Å². The van der Waals surface area contributed by atoms with Crippen molar-refractivity contribution in [1.29, 1.82) is 0 Å². The molecule has 29 heavy (non-hydrogen) atoms. The Balaban J connectivity index is 1.49. The summed E-state index contributed by atoms with van der Waals surface area (Å²) in [6.07, 6.45) is 0. The Bertz CT molecular complexity index is 970. The molecule has 1 aliphatic heterocycles. The van der Waals surface area contributed by atoms with Gasteiger partial charge in [0.05, 0.1) is 31.5 Å². The van der Waals surface area contributed by atoms with Crippen LogP contribution < -0.4 is 19.1 Å². The fraction of sp³-hybridized carbons (Fsp3) is 0.333. The molecule has 2 heterocycles. The van der Waals surface area contributed by atoms with Gasteiger partial charge in [-0.15, -0.1) is 0 Å². The van der Waals surface area contributed by atoms with Gasteiger partial charge in [-0.2, -0.15) is 0 Å². The molecule has 0 radical (unpaired) electrons. The van der Waals surface area contributed by atoms with Crippen LogP contribution in [-0.4, -0.2) is 63.3 Å². The molecule has 1 amide bonds. The number of fused-ring (bicyclic) bond motifs is 1. The molecule has 4 rings (SSSR count). The molecule has 1 fully saturated rings. The SMILES string of the molecule is COc1cc(C(=O)N2CCN(c3nc4ccccc4s3)CC2)cc(OC)c1OC. The Morgan fingerprint density at radius 2 is 1.62 bits per heavy atom. The van der Waals surface area contributed by atoms with Crippen molar-refractivity contribution in [3.8, 4) is 17.2 Å². The summed E-state index contributed by atoms with van der Waals surface area (Å²) in [6, 6.07) is 11.5. The predicted molar refractivity (Wildman–Crippen MR) is 114 cm³/mol. The second kappa shape index (κ2) is 8.16. The van der Waals surface area contributed by atoms with E-state index in [2.05, 4.69) is 11.0 Å². The van der Waals surface area contributed by atoms with E-state index in [-0.39, 0.29) is 5.91 Å². The summed E-state index contributed by atoms with van der Waals surface area (Å²) in [7, 11) is 4.63. The summed E-state index contributed by atoms with van der Waals surface area (Å²) in [5.74, 6) is 1.38. The van der Waals surface area contributed by atoms with Crippen LogP contribution in [0.15, 0.2) is 36.4 Å². The minimum Gasteiger partial charge on any atom is -0.493 e. The van der Waals surface area contributed by atoms with E-state index in [1.54, 1.807) is 44.8 Å². The van der Waals surface area contributed by atoms with Gasteiger partial charge >= 0.3 is 0 Å². The minimum absolute atomic E-state index is 0.0480. The number of para-hydroxylation sites is 1. The first-order valence-corrected chi connectivity index (χ1v) is 10.2. The topological polar surface area (TPSA) is 64.1 Å². The Kier molecular flexibility index (Phi) is 5.44. The van der Waals surface area contributed by atoms with Crippen molar-refractivity contribution in [2.75, 3.05) is 52.4 Å². The van der Waals surface area contributed by atoms with Gasteiger partial charge in [-0.25, -0.2) is 4.98 Å². The second-order valence-electron chi connectivity index (χ2n) is 6.66. The van der Waals surface area contributed by atoms with Crippen molar-refractivity contribution in [3.05, 3.63) is 42.0 Å². The molecule has 0 atom stereocenters. The Labute approximate surface area is 173 Å². The highest BCUT2D eigenvalue weighted by Crippen LogP contribution is 2.38. The fourth-order valence-corrected chi connectivity index (χ4v) is 4.50. The molecule has 1 aromatic heterocycles. The molecule has 0 bridgehead atoms. The van der Waals surface area contributed by atoms with Gasteiger partial charge in [0.15, 0.2) is 16.6 Å². The third-order valence-corrected chi connectivity index (χ3v) is 6.13. The lowest BCUT2D eigenvalue weighted by Crippen LogP contribution is -2.48. The second-order valence-corrected chi connectivity index (χ2v) is 7.67. The summed E-state index contributed by atoms with van der Waals surface area (Å²) >= 11 is 1.69. The Morgan fingerprint density at radius 3 is 2.21 bits per heavy atom. The molecule has 2 aromatic carbocycles. The van der Waals surface area contributed by atoms with E-state index in [4.69, 9.17) is 19.2 Å². The summed E-state index contributed by atoms with van der Waals surface area (Å²) in [5.41, 5.74) is 1.54. The van der Waals surface area contributed by atoms with Crippen LogP contribution >= 0.6 is 11.3 Å². The van der Waals surface area contributed by atoms with Gasteiger partial charge in [0.25, 0.3) is 5.91 Å². The quantitative estimate of drug-likeness (QED) is 0.640. The monoisotopic (exact) mass is 413 g/mol. The number of rotatable bonds is 5. The lowest BCUT2D eigenvalue weighted by molar-refractivity contribution is 0.0746. The first-order chi connectivity index (χ1) is 14.1. The highest BCUT2D eigenvalue weighted by atomic mass is 32.1. The Morgan fingerprint density at radius 1 is 0.966 bits per heavy atom. The summed E-state index contributed by atoms with van der Waals surface area (Å²) in [4.78, 5) is 21.9. The van der Waals surface area contributed by atoms with Gasteiger partial charge in [0, 0.05) is 31.7 Å². The van der Waals surface area contributed by atoms with Crippen LogP contribution in [0, 0.1) is 0 Å². The lowest BCUT2D eigenvalue weighted by atomic mass is 10.1. The van der Waals surface area contributed by atoms with Gasteiger partial charge < -0.3 is 24.0 Å². The maximum atomic E-state index is 13.1. The standard InChI is InChI=1S/C21H23N3O4S/c1-26-16-12-14(13-17(27-2)19(16)28-3)20(25)23-8-10-24(11-9-23)21-22-15-6-4-5-7-18(15)29-21/h4-7,12-13H,8-11H2,1-3H3. The van der Waals surface area contributed by atoms with Crippen LogP contribution in [0.2, 0.25) is 0 Å². The number of hydrogen-bond donors (Lipinski definition) is 0. The van der Waals surface area contributed by atoms with E-state index in [1.807, 2.05) is 23.1 Å². The van der Waals surface area contributed by atoms with Gasteiger partial charge in [-0.05, 0) is 24.3 Å². The molecule has 8 heteroatoms. The lowest BCUT2D eigenvalue weighted by Gasteiger charge is -2.34. The van der Waals surface area contributed by atoms with Crippen molar-refractivity contribution < 1.29 is 19.0 Å². The third kappa shape index (κ3) is 3.67. The molecule has 0 N–H and O–H groups in total. The number of nitrogens with zero attached hydrogens (tertiary/aromatic N) is 3. The van der Waals surface area contributed by atoms with Crippen LogP contribution in [0.25, 0.3) is 10.2 Å². The number of anilines is 1. The molecule has 3 aromatic rings. The normalized spacial score (nSPS) is 14.2. The first kappa shape index (κ1) is 19.3. The van der Waals surface area contributed by atoms with Crippen molar-refractivity contribution in [3.63, 3.8) is 0 Å². The van der Waals surface area contributed by atoms with E-state index in [0.717, 1.165) is 23.7 Å². The highest BCUT2D eigenvalue weighted by molar-refractivity contribution is 7.22. The molecule has 0 spiro atoms. The summed E-state index contributed by atoms with van der Waals surface area (Å²) in [6.45, 7) is 2.75. The van der Waals surface area contributed by atoms with E-state index < -0.39 is 0 Å². The summed E-state index contributed by atoms with van der Waals surface area (Å²) in [5, 5.41) is 1.01. The number of carbonyl (C=O) groups excluding carboxylic acids is 1.